The lowest BCUT2D eigenvalue weighted by Crippen LogP contribution is -2.14. The molecule has 1 heterocycles. The van der Waals surface area contributed by atoms with Crippen LogP contribution in [0.1, 0.15) is 5.56 Å². The van der Waals surface area contributed by atoms with Crippen molar-refractivity contribution in [1.82, 2.24) is 4.98 Å². The van der Waals surface area contributed by atoms with Gasteiger partial charge in [0, 0.05) is 0 Å². The van der Waals surface area contributed by atoms with Gasteiger partial charge in [0.15, 0.2) is 5.13 Å². The summed E-state index contributed by atoms with van der Waals surface area (Å²) in [6.07, 6.45) is -0.0725. The lowest BCUT2D eigenvalue weighted by Gasteiger charge is -2.02. The van der Waals surface area contributed by atoms with Crippen molar-refractivity contribution in [3.05, 3.63) is 59.7 Å². The minimum atomic E-state index is -0.418. The van der Waals surface area contributed by atoms with Crippen LogP contribution in [0.25, 0.3) is 10.2 Å². The van der Waals surface area contributed by atoms with Crippen LogP contribution in [0.15, 0.2) is 42.5 Å². The van der Waals surface area contributed by atoms with E-state index in [1.807, 2.05) is 0 Å². The van der Waals surface area contributed by atoms with Crippen molar-refractivity contribution in [1.29, 1.82) is 0 Å². The number of nitrogens with zero attached hydrogens (tertiary/aromatic N) is 1. The third-order valence-electron chi connectivity index (χ3n) is 2.91. The summed E-state index contributed by atoms with van der Waals surface area (Å²) in [5, 5.41) is 2.98. The third-order valence-corrected chi connectivity index (χ3v) is 3.84. The van der Waals surface area contributed by atoms with Crippen LogP contribution < -0.4 is 5.32 Å². The van der Waals surface area contributed by atoms with Crippen molar-refractivity contribution in [3.8, 4) is 0 Å². The minimum Gasteiger partial charge on any atom is -0.302 e. The second-order valence-corrected chi connectivity index (χ2v) is 5.48. The molecule has 0 saturated heterocycles. The molecule has 106 valence electrons. The Morgan fingerprint density at radius 3 is 2.81 bits per heavy atom. The van der Waals surface area contributed by atoms with E-state index < -0.39 is 5.82 Å². The van der Waals surface area contributed by atoms with E-state index in [1.54, 1.807) is 24.3 Å². The van der Waals surface area contributed by atoms with Crippen molar-refractivity contribution in [2.24, 2.45) is 0 Å². The van der Waals surface area contributed by atoms with Crippen LogP contribution in [-0.2, 0) is 11.2 Å². The van der Waals surface area contributed by atoms with Gasteiger partial charge in [-0.1, -0.05) is 29.5 Å². The van der Waals surface area contributed by atoms with Gasteiger partial charge >= 0.3 is 0 Å². The number of amides is 1. The molecule has 0 aliphatic carbocycles. The number of hydrogen-bond donors (Lipinski definition) is 1. The number of halogens is 2. The van der Waals surface area contributed by atoms with Crippen molar-refractivity contribution >= 4 is 32.6 Å². The Bertz CT molecular complexity index is 816. The zero-order valence-electron chi connectivity index (χ0n) is 10.8. The first kappa shape index (κ1) is 13.6. The summed E-state index contributed by atoms with van der Waals surface area (Å²) in [6.45, 7) is 0. The number of fused-ring (bicyclic) bond motifs is 1. The first-order valence-corrected chi connectivity index (χ1v) is 7.03. The Labute approximate surface area is 123 Å². The number of rotatable bonds is 3. The molecule has 3 nitrogen and oxygen atoms in total. The predicted molar refractivity (Wildman–Crippen MR) is 78.3 cm³/mol. The molecule has 21 heavy (non-hydrogen) atoms. The largest absolute Gasteiger partial charge is 0.302 e. The van der Waals surface area contributed by atoms with Crippen LogP contribution in [0, 0.1) is 11.6 Å². The second-order valence-electron chi connectivity index (χ2n) is 4.45. The molecule has 0 aliphatic rings. The molecule has 3 aromatic rings. The summed E-state index contributed by atoms with van der Waals surface area (Å²) in [5.74, 6) is -1.13. The Balaban J connectivity index is 1.75. The van der Waals surface area contributed by atoms with E-state index >= 15 is 0 Å². The Morgan fingerprint density at radius 2 is 2.00 bits per heavy atom. The fourth-order valence-electron chi connectivity index (χ4n) is 1.93. The number of aromatic nitrogens is 1. The summed E-state index contributed by atoms with van der Waals surface area (Å²) in [4.78, 5) is 16.1. The van der Waals surface area contributed by atoms with Crippen LogP contribution in [0.4, 0.5) is 13.9 Å². The molecule has 1 aromatic heterocycles. The monoisotopic (exact) mass is 304 g/mol. The maximum absolute atomic E-state index is 13.5. The Hall–Kier alpha value is -2.34. The molecule has 3 rings (SSSR count). The average Bonchev–Trinajstić information content (AvgIpc) is 2.82. The maximum Gasteiger partial charge on any atom is 0.230 e. The average molecular weight is 304 g/mol. The van der Waals surface area contributed by atoms with Crippen LogP contribution >= 0.6 is 11.3 Å². The molecule has 0 spiro atoms. The van der Waals surface area contributed by atoms with Gasteiger partial charge in [-0.3, -0.25) is 4.79 Å². The first-order chi connectivity index (χ1) is 10.1. The topological polar surface area (TPSA) is 42.0 Å². The highest BCUT2D eigenvalue weighted by molar-refractivity contribution is 7.22. The van der Waals surface area contributed by atoms with Gasteiger partial charge in [-0.05, 0) is 29.8 Å². The molecular formula is C15H10F2N2OS. The van der Waals surface area contributed by atoms with E-state index in [0.29, 0.717) is 20.9 Å². The normalized spacial score (nSPS) is 10.8. The molecule has 0 radical (unpaired) electrons. The summed E-state index contributed by atoms with van der Waals surface area (Å²) in [7, 11) is 0. The van der Waals surface area contributed by atoms with E-state index in [9.17, 15) is 13.6 Å². The van der Waals surface area contributed by atoms with Crippen molar-refractivity contribution < 1.29 is 13.6 Å². The fourth-order valence-corrected chi connectivity index (χ4v) is 2.84. The van der Waals surface area contributed by atoms with E-state index in [2.05, 4.69) is 10.3 Å². The van der Waals surface area contributed by atoms with E-state index in [0.717, 1.165) is 0 Å². The fraction of sp³-hybridized carbons (Fsp3) is 0.0667. The lowest BCUT2D eigenvalue weighted by atomic mass is 10.1. The van der Waals surface area contributed by atoms with Crippen molar-refractivity contribution in [2.75, 3.05) is 5.32 Å². The number of thiazole rings is 1. The molecular weight excluding hydrogens is 294 g/mol. The van der Waals surface area contributed by atoms with Gasteiger partial charge in [0.25, 0.3) is 0 Å². The van der Waals surface area contributed by atoms with Gasteiger partial charge in [0.2, 0.25) is 5.91 Å². The number of hydrogen-bond acceptors (Lipinski definition) is 3. The summed E-state index contributed by atoms with van der Waals surface area (Å²) in [6, 6.07) is 10.3. The minimum absolute atomic E-state index is 0.0725. The summed E-state index contributed by atoms with van der Waals surface area (Å²) >= 11 is 1.18. The van der Waals surface area contributed by atoms with E-state index in [-0.39, 0.29) is 18.1 Å². The van der Waals surface area contributed by atoms with Gasteiger partial charge in [-0.2, -0.15) is 0 Å². The zero-order valence-corrected chi connectivity index (χ0v) is 11.6. The van der Waals surface area contributed by atoms with Crippen molar-refractivity contribution in [3.63, 3.8) is 0 Å². The molecule has 0 unspecified atom stereocenters. The highest BCUT2D eigenvalue weighted by Crippen LogP contribution is 2.26. The zero-order chi connectivity index (χ0) is 14.8. The third kappa shape index (κ3) is 3.05. The van der Waals surface area contributed by atoms with Gasteiger partial charge in [0.05, 0.1) is 16.6 Å². The molecule has 0 bridgehead atoms. The Morgan fingerprint density at radius 1 is 1.19 bits per heavy atom. The molecule has 6 heteroatoms. The first-order valence-electron chi connectivity index (χ1n) is 6.21. The van der Waals surface area contributed by atoms with Crippen LogP contribution in [-0.4, -0.2) is 10.9 Å². The Kier molecular flexibility index (Phi) is 3.62. The second kappa shape index (κ2) is 5.57. The molecule has 0 fully saturated rings. The predicted octanol–water partition coefficient (Wildman–Crippen LogP) is 3.76. The lowest BCUT2D eigenvalue weighted by molar-refractivity contribution is -0.115. The molecule has 0 aliphatic heterocycles. The number of carbonyl (C=O) groups excluding carboxylic acids is 1. The van der Waals surface area contributed by atoms with Crippen molar-refractivity contribution in [2.45, 2.75) is 6.42 Å². The molecule has 2 aromatic carbocycles. The summed E-state index contributed by atoms with van der Waals surface area (Å²) < 4.78 is 27.2. The number of carbonyl (C=O) groups is 1. The van der Waals surface area contributed by atoms with Crippen LogP contribution in [0.3, 0.4) is 0 Å². The van der Waals surface area contributed by atoms with Crippen LogP contribution in [0.5, 0.6) is 0 Å². The highest BCUT2D eigenvalue weighted by atomic mass is 32.1. The van der Waals surface area contributed by atoms with Gasteiger partial charge < -0.3 is 5.32 Å². The maximum atomic E-state index is 13.5. The van der Waals surface area contributed by atoms with Gasteiger partial charge in [-0.15, -0.1) is 0 Å². The quantitative estimate of drug-likeness (QED) is 0.800. The SMILES string of the molecule is O=C(Cc1ccccc1F)Nc1nc2ccc(F)cc2s1. The van der Waals surface area contributed by atoms with Gasteiger partial charge in [0.1, 0.15) is 11.6 Å². The van der Waals surface area contributed by atoms with Crippen LogP contribution in [0.2, 0.25) is 0 Å². The molecule has 1 amide bonds. The number of nitrogens with one attached hydrogen (secondary N) is 1. The van der Waals surface area contributed by atoms with Gasteiger partial charge in [-0.25, -0.2) is 13.8 Å². The summed E-state index contributed by atoms with van der Waals surface area (Å²) in [5.41, 5.74) is 0.935. The highest BCUT2D eigenvalue weighted by Gasteiger charge is 2.11. The number of benzene rings is 2. The van der Waals surface area contributed by atoms with E-state index in [4.69, 9.17) is 0 Å². The molecule has 1 N–H and O–H groups in total. The molecule has 0 saturated carbocycles. The van der Waals surface area contributed by atoms with E-state index in [1.165, 1.54) is 29.5 Å². The smallest absolute Gasteiger partial charge is 0.230 e. The standard InChI is InChI=1S/C15H10F2N2OS/c16-10-5-6-12-13(8-10)21-15(18-12)19-14(20)7-9-3-1-2-4-11(9)17/h1-6,8H,7H2,(H,18,19,20). The molecule has 0 atom stereocenters. The number of anilines is 1.